The van der Waals surface area contributed by atoms with Crippen molar-refractivity contribution in [3.05, 3.63) is 50.6 Å². The van der Waals surface area contributed by atoms with Crippen LogP contribution in [0.15, 0.2) is 40.2 Å². The fourth-order valence-electron chi connectivity index (χ4n) is 2.24. The van der Waals surface area contributed by atoms with Gasteiger partial charge in [-0.15, -0.1) is 11.3 Å². The molecule has 1 heterocycles. The summed E-state index contributed by atoms with van der Waals surface area (Å²) < 4.78 is 1.17. The van der Waals surface area contributed by atoms with Gasteiger partial charge in [-0.3, -0.25) is 0 Å². The molecule has 1 saturated carbocycles. The van der Waals surface area contributed by atoms with E-state index in [-0.39, 0.29) is 0 Å². The highest BCUT2D eigenvalue weighted by Gasteiger charge is 2.20. The average molecular weight is 351 g/mol. The van der Waals surface area contributed by atoms with E-state index in [2.05, 4.69) is 68.9 Å². The normalized spacial score (nSPS) is 14.5. The molecule has 0 atom stereocenters. The summed E-state index contributed by atoms with van der Waals surface area (Å²) in [6.45, 7) is 1.92. The Kier molecular flexibility index (Phi) is 4.44. The van der Waals surface area contributed by atoms with Crippen LogP contribution in [-0.2, 0) is 13.1 Å². The molecule has 0 aliphatic heterocycles. The SMILES string of the molecule is CN(Cc1cccs1)c1ccc(CNC2CC2)cc1Br. The van der Waals surface area contributed by atoms with E-state index in [1.165, 1.54) is 33.4 Å². The third-order valence-electron chi connectivity index (χ3n) is 3.57. The molecule has 0 radical (unpaired) electrons. The van der Waals surface area contributed by atoms with Gasteiger partial charge in [0.2, 0.25) is 0 Å². The van der Waals surface area contributed by atoms with Crippen molar-refractivity contribution >= 4 is 33.0 Å². The summed E-state index contributed by atoms with van der Waals surface area (Å²) >= 11 is 5.51. The second kappa shape index (κ2) is 6.29. The predicted molar refractivity (Wildman–Crippen MR) is 90.4 cm³/mol. The minimum Gasteiger partial charge on any atom is -0.369 e. The van der Waals surface area contributed by atoms with Gasteiger partial charge in [0.25, 0.3) is 0 Å². The fourth-order valence-corrected chi connectivity index (χ4v) is 3.73. The van der Waals surface area contributed by atoms with Crippen molar-refractivity contribution in [3.63, 3.8) is 0 Å². The Morgan fingerprint density at radius 3 is 2.85 bits per heavy atom. The molecule has 0 spiro atoms. The highest BCUT2D eigenvalue weighted by Crippen LogP contribution is 2.28. The van der Waals surface area contributed by atoms with Crippen molar-refractivity contribution < 1.29 is 0 Å². The topological polar surface area (TPSA) is 15.3 Å². The molecule has 0 bridgehead atoms. The number of rotatable bonds is 6. The summed E-state index contributed by atoms with van der Waals surface area (Å²) in [4.78, 5) is 3.67. The number of thiophene rings is 1. The molecule has 1 aromatic carbocycles. The fraction of sp³-hybridized carbons (Fsp3) is 0.375. The summed E-state index contributed by atoms with van der Waals surface area (Å²) in [7, 11) is 2.14. The van der Waals surface area contributed by atoms with Crippen molar-refractivity contribution in [2.75, 3.05) is 11.9 Å². The number of halogens is 1. The van der Waals surface area contributed by atoms with E-state index in [4.69, 9.17) is 0 Å². The van der Waals surface area contributed by atoms with Crippen LogP contribution >= 0.6 is 27.3 Å². The first-order chi connectivity index (χ1) is 9.72. The zero-order valence-electron chi connectivity index (χ0n) is 11.6. The minimum absolute atomic E-state index is 0.759. The summed E-state index contributed by atoms with van der Waals surface area (Å²) in [5.74, 6) is 0. The number of anilines is 1. The van der Waals surface area contributed by atoms with Crippen LogP contribution < -0.4 is 10.2 Å². The van der Waals surface area contributed by atoms with Crippen molar-refractivity contribution in [2.45, 2.75) is 32.0 Å². The van der Waals surface area contributed by atoms with Gasteiger partial charge in [0.05, 0.1) is 12.2 Å². The summed E-state index contributed by atoms with van der Waals surface area (Å²) in [5.41, 5.74) is 2.59. The molecule has 20 heavy (non-hydrogen) atoms. The van der Waals surface area contributed by atoms with E-state index in [1.807, 2.05) is 0 Å². The maximum atomic E-state index is 3.71. The molecule has 0 amide bonds. The maximum absolute atomic E-state index is 3.71. The second-order valence-electron chi connectivity index (χ2n) is 5.38. The van der Waals surface area contributed by atoms with Crippen molar-refractivity contribution in [2.24, 2.45) is 0 Å². The molecule has 106 valence electrons. The van der Waals surface area contributed by atoms with Gasteiger partial charge in [0.1, 0.15) is 0 Å². The highest BCUT2D eigenvalue weighted by atomic mass is 79.9. The third-order valence-corrected chi connectivity index (χ3v) is 5.06. The highest BCUT2D eigenvalue weighted by molar-refractivity contribution is 9.10. The maximum Gasteiger partial charge on any atom is 0.0519 e. The molecule has 1 N–H and O–H groups in total. The quantitative estimate of drug-likeness (QED) is 0.830. The lowest BCUT2D eigenvalue weighted by atomic mass is 10.2. The van der Waals surface area contributed by atoms with Gasteiger partial charge in [-0.2, -0.15) is 0 Å². The van der Waals surface area contributed by atoms with E-state index in [0.717, 1.165) is 19.1 Å². The first-order valence-electron chi connectivity index (χ1n) is 6.98. The van der Waals surface area contributed by atoms with E-state index in [0.29, 0.717) is 0 Å². The molecule has 4 heteroatoms. The monoisotopic (exact) mass is 350 g/mol. The Bertz CT molecular complexity index is 564. The lowest BCUT2D eigenvalue weighted by Crippen LogP contribution is -2.17. The number of hydrogen-bond donors (Lipinski definition) is 1. The lowest BCUT2D eigenvalue weighted by Gasteiger charge is -2.20. The minimum atomic E-state index is 0.759. The Hall–Kier alpha value is -0.840. The molecule has 2 aromatic rings. The van der Waals surface area contributed by atoms with Gasteiger partial charge in [-0.25, -0.2) is 0 Å². The Balaban J connectivity index is 1.66. The number of benzene rings is 1. The average Bonchev–Trinajstić information content (AvgIpc) is 3.13. The van der Waals surface area contributed by atoms with Crippen LogP contribution in [0.25, 0.3) is 0 Å². The molecule has 3 rings (SSSR count). The first-order valence-corrected chi connectivity index (χ1v) is 8.65. The summed E-state index contributed by atoms with van der Waals surface area (Å²) in [6, 6.07) is 11.7. The molecular formula is C16H19BrN2S. The van der Waals surface area contributed by atoms with Crippen molar-refractivity contribution in [1.29, 1.82) is 0 Å². The first kappa shape index (κ1) is 14.1. The number of hydrogen-bond acceptors (Lipinski definition) is 3. The van der Waals surface area contributed by atoms with Crippen LogP contribution in [0.3, 0.4) is 0 Å². The Morgan fingerprint density at radius 1 is 1.35 bits per heavy atom. The largest absolute Gasteiger partial charge is 0.369 e. The number of nitrogens with one attached hydrogen (secondary N) is 1. The predicted octanol–water partition coefficient (Wildman–Crippen LogP) is 4.40. The van der Waals surface area contributed by atoms with Crippen LogP contribution in [0, 0.1) is 0 Å². The van der Waals surface area contributed by atoms with Crippen LogP contribution in [0.4, 0.5) is 5.69 Å². The van der Waals surface area contributed by atoms with Gasteiger partial charge in [-0.1, -0.05) is 12.1 Å². The lowest BCUT2D eigenvalue weighted by molar-refractivity contribution is 0.687. The smallest absolute Gasteiger partial charge is 0.0519 e. The summed E-state index contributed by atoms with van der Waals surface area (Å²) in [5, 5.41) is 5.68. The van der Waals surface area contributed by atoms with Gasteiger partial charge in [0.15, 0.2) is 0 Å². The van der Waals surface area contributed by atoms with Gasteiger partial charge >= 0.3 is 0 Å². The van der Waals surface area contributed by atoms with Crippen LogP contribution in [0.5, 0.6) is 0 Å². The summed E-state index contributed by atoms with van der Waals surface area (Å²) in [6.07, 6.45) is 2.67. The third kappa shape index (κ3) is 3.62. The van der Waals surface area contributed by atoms with E-state index in [9.17, 15) is 0 Å². The van der Waals surface area contributed by atoms with Crippen molar-refractivity contribution in [1.82, 2.24) is 5.32 Å². The van der Waals surface area contributed by atoms with Crippen LogP contribution in [0.1, 0.15) is 23.3 Å². The molecule has 0 unspecified atom stereocenters. The standard InChI is InChI=1S/C16H19BrN2S/c1-19(11-14-3-2-8-20-14)16-7-4-12(9-15(16)17)10-18-13-5-6-13/h2-4,7-9,13,18H,5-6,10-11H2,1H3. The Labute approximate surface area is 132 Å². The molecular weight excluding hydrogens is 332 g/mol. The van der Waals surface area contributed by atoms with Gasteiger partial charge < -0.3 is 10.2 Å². The molecule has 1 fully saturated rings. The molecule has 1 aromatic heterocycles. The zero-order valence-corrected chi connectivity index (χ0v) is 14.0. The molecule has 0 saturated heterocycles. The van der Waals surface area contributed by atoms with Gasteiger partial charge in [-0.05, 0) is 57.9 Å². The van der Waals surface area contributed by atoms with Crippen LogP contribution in [0.2, 0.25) is 0 Å². The van der Waals surface area contributed by atoms with Crippen molar-refractivity contribution in [3.8, 4) is 0 Å². The molecule has 1 aliphatic rings. The zero-order chi connectivity index (χ0) is 13.9. The van der Waals surface area contributed by atoms with E-state index in [1.54, 1.807) is 11.3 Å². The second-order valence-corrected chi connectivity index (χ2v) is 7.26. The van der Waals surface area contributed by atoms with E-state index >= 15 is 0 Å². The number of nitrogens with zero attached hydrogens (tertiary/aromatic N) is 1. The molecule has 2 nitrogen and oxygen atoms in total. The Morgan fingerprint density at radius 2 is 2.20 bits per heavy atom. The van der Waals surface area contributed by atoms with Gasteiger partial charge in [0, 0.05) is 29.0 Å². The van der Waals surface area contributed by atoms with Crippen LogP contribution in [-0.4, -0.2) is 13.1 Å². The molecule has 1 aliphatic carbocycles. The van der Waals surface area contributed by atoms with E-state index < -0.39 is 0 Å².